The summed E-state index contributed by atoms with van der Waals surface area (Å²) in [5.74, 6) is 0.0745. The molecule has 0 atom stereocenters. The first-order valence-electron chi connectivity index (χ1n) is 11.7. The van der Waals surface area contributed by atoms with E-state index >= 15 is 0 Å². The summed E-state index contributed by atoms with van der Waals surface area (Å²) in [6.07, 6.45) is 1.08. The molecule has 0 unspecified atom stereocenters. The van der Waals surface area contributed by atoms with E-state index in [1.165, 1.54) is 11.6 Å². The lowest BCUT2D eigenvalue weighted by atomic mass is 9.52. The van der Waals surface area contributed by atoms with Gasteiger partial charge in [0, 0.05) is 10.8 Å². The third kappa shape index (κ3) is 2.67. The van der Waals surface area contributed by atoms with E-state index < -0.39 is 6.17 Å². The Morgan fingerprint density at radius 1 is 0.941 bits per heavy atom. The lowest BCUT2D eigenvalue weighted by Crippen LogP contribution is -2.43. The molecule has 2 aliphatic carbocycles. The Labute approximate surface area is 197 Å². The largest absolute Gasteiger partial charge is 0.507 e. The maximum absolute atomic E-state index is 14.5. The number of phenols is 1. The number of fused-ring (bicyclic) bond motifs is 8. The Kier molecular flexibility index (Phi) is 3.88. The Bertz CT molecular complexity index is 1420. The summed E-state index contributed by atoms with van der Waals surface area (Å²) in [5, 5.41) is 23.9. The summed E-state index contributed by atoms with van der Waals surface area (Å²) in [6.45, 7) is 9.23. The summed E-state index contributed by atoms with van der Waals surface area (Å²) in [6, 6.07) is 13.4. The van der Waals surface area contributed by atoms with E-state index in [1.54, 1.807) is 12.3 Å². The van der Waals surface area contributed by atoms with E-state index in [1.807, 2.05) is 12.1 Å². The monoisotopic (exact) mass is 459 g/mol. The number of alkyl halides is 2. The minimum atomic E-state index is -3.51. The van der Waals surface area contributed by atoms with Crippen LogP contribution in [0.5, 0.6) is 5.75 Å². The van der Waals surface area contributed by atoms with Crippen LogP contribution in [0, 0.1) is 22.3 Å². The third-order valence-electron chi connectivity index (χ3n) is 7.88. The fourth-order valence-corrected chi connectivity index (χ4v) is 7.64. The minimum Gasteiger partial charge on any atom is -0.507 e. The standard InChI is InChI=1S/C28H27F2N3O/c1-25(2)12-26(3,4)14-27(13-25)19-8-6-5-7-16(19)24-18-10-22-21(32-28(29,30)33(22)15-31)9-17(18)23(34)11-20(24)27/h5-11,32,34H,12-14H2,1-4H3. The number of nitrogens with zero attached hydrogens (tertiary/aromatic N) is 2. The van der Waals surface area contributed by atoms with E-state index in [0.717, 1.165) is 36.0 Å². The summed E-state index contributed by atoms with van der Waals surface area (Å²) >= 11 is 0. The molecule has 3 aliphatic rings. The predicted molar refractivity (Wildman–Crippen MR) is 130 cm³/mol. The molecule has 1 spiro atoms. The van der Waals surface area contributed by atoms with Crippen molar-refractivity contribution in [1.82, 2.24) is 0 Å². The van der Waals surface area contributed by atoms with Crippen molar-refractivity contribution < 1.29 is 13.9 Å². The van der Waals surface area contributed by atoms with Gasteiger partial charge in [0.2, 0.25) is 0 Å². The van der Waals surface area contributed by atoms with E-state index in [-0.39, 0.29) is 33.4 Å². The van der Waals surface area contributed by atoms with Gasteiger partial charge in [-0.15, -0.1) is 0 Å². The SMILES string of the molecule is CC1(C)CC(C)(C)CC2(C1)c1ccccc1-c1c2cc(O)c2cc3c(cc12)N(C#N)C(F)(F)N3. The number of benzene rings is 3. The molecule has 0 aromatic heterocycles. The van der Waals surface area contributed by atoms with Crippen LogP contribution >= 0.6 is 0 Å². The average Bonchev–Trinajstić information content (AvgIpc) is 3.11. The minimum absolute atomic E-state index is 0.0745. The Morgan fingerprint density at radius 3 is 2.29 bits per heavy atom. The van der Waals surface area contributed by atoms with E-state index in [4.69, 9.17) is 0 Å². The van der Waals surface area contributed by atoms with Crippen LogP contribution in [0.4, 0.5) is 20.2 Å². The second-order valence-electron chi connectivity index (χ2n) is 11.8. The second kappa shape index (κ2) is 6.21. The zero-order valence-electron chi connectivity index (χ0n) is 19.8. The summed E-state index contributed by atoms with van der Waals surface area (Å²) in [4.78, 5) is 0.404. The van der Waals surface area contributed by atoms with Gasteiger partial charge in [-0.25, -0.2) is 0 Å². The van der Waals surface area contributed by atoms with Gasteiger partial charge in [0.1, 0.15) is 5.75 Å². The molecule has 3 aromatic rings. The number of aromatic hydroxyl groups is 1. The van der Waals surface area contributed by atoms with Crippen molar-refractivity contribution in [1.29, 1.82) is 5.26 Å². The first kappa shape index (κ1) is 21.2. The van der Waals surface area contributed by atoms with Crippen LogP contribution in [-0.2, 0) is 5.41 Å². The van der Waals surface area contributed by atoms with Crippen molar-refractivity contribution in [3.63, 3.8) is 0 Å². The molecule has 34 heavy (non-hydrogen) atoms. The highest BCUT2D eigenvalue weighted by Gasteiger charge is 2.54. The highest BCUT2D eigenvalue weighted by Crippen LogP contribution is 2.65. The Balaban J connectivity index is 1.71. The van der Waals surface area contributed by atoms with Gasteiger partial charge in [0.15, 0.2) is 6.19 Å². The zero-order chi connectivity index (χ0) is 24.3. The lowest BCUT2D eigenvalue weighted by molar-refractivity contribution is 0.0468. The van der Waals surface area contributed by atoms with Crippen molar-refractivity contribution in [2.45, 2.75) is 58.5 Å². The molecule has 0 saturated heterocycles. The Morgan fingerprint density at radius 2 is 1.62 bits per heavy atom. The van der Waals surface area contributed by atoms with Gasteiger partial charge in [0.25, 0.3) is 0 Å². The molecule has 4 nitrogen and oxygen atoms in total. The smallest absolute Gasteiger partial charge is 0.424 e. The van der Waals surface area contributed by atoms with Gasteiger partial charge in [-0.3, -0.25) is 0 Å². The number of hydrogen-bond donors (Lipinski definition) is 2. The zero-order valence-corrected chi connectivity index (χ0v) is 19.8. The number of anilines is 2. The number of rotatable bonds is 0. The molecular weight excluding hydrogens is 432 g/mol. The van der Waals surface area contributed by atoms with Crippen LogP contribution in [0.25, 0.3) is 21.9 Å². The highest BCUT2D eigenvalue weighted by atomic mass is 19.3. The molecular formula is C28H27F2N3O. The molecule has 2 N–H and O–H groups in total. The van der Waals surface area contributed by atoms with Crippen LogP contribution in [0.3, 0.4) is 0 Å². The molecule has 0 bridgehead atoms. The molecule has 6 heteroatoms. The lowest BCUT2D eigenvalue weighted by Gasteiger charge is -2.51. The summed E-state index contributed by atoms with van der Waals surface area (Å²) in [7, 11) is 0. The molecule has 1 fully saturated rings. The molecule has 1 aliphatic heterocycles. The highest BCUT2D eigenvalue weighted by molar-refractivity contribution is 6.09. The van der Waals surface area contributed by atoms with Gasteiger partial charge in [0.05, 0.1) is 11.4 Å². The van der Waals surface area contributed by atoms with Crippen molar-refractivity contribution >= 4 is 22.1 Å². The molecule has 1 saturated carbocycles. The normalized spacial score (nSPS) is 22.1. The first-order chi connectivity index (χ1) is 15.9. The molecule has 3 aromatic carbocycles. The van der Waals surface area contributed by atoms with E-state index in [2.05, 4.69) is 51.2 Å². The van der Waals surface area contributed by atoms with Crippen LogP contribution in [0.1, 0.15) is 58.1 Å². The van der Waals surface area contributed by atoms with Crippen LogP contribution in [0.15, 0.2) is 42.5 Å². The molecule has 0 radical (unpaired) electrons. The number of hydrogen-bond acceptors (Lipinski definition) is 4. The summed E-state index contributed by atoms with van der Waals surface area (Å²) in [5.41, 5.74) is 4.50. The van der Waals surface area contributed by atoms with Gasteiger partial charge in [-0.1, -0.05) is 52.0 Å². The summed E-state index contributed by atoms with van der Waals surface area (Å²) < 4.78 is 28.9. The van der Waals surface area contributed by atoms with Crippen LogP contribution in [0.2, 0.25) is 0 Å². The second-order valence-corrected chi connectivity index (χ2v) is 11.8. The van der Waals surface area contributed by atoms with Gasteiger partial charge in [-0.2, -0.15) is 18.9 Å². The molecule has 6 rings (SSSR count). The maximum atomic E-state index is 14.5. The Hall–Kier alpha value is -3.33. The van der Waals surface area contributed by atoms with Crippen LogP contribution < -0.4 is 10.2 Å². The number of nitriles is 1. The van der Waals surface area contributed by atoms with Crippen molar-refractivity contribution in [2.75, 3.05) is 10.2 Å². The topological polar surface area (TPSA) is 59.3 Å². The van der Waals surface area contributed by atoms with Crippen molar-refractivity contribution in [3.8, 4) is 23.1 Å². The average molecular weight is 460 g/mol. The van der Waals surface area contributed by atoms with Crippen molar-refractivity contribution in [3.05, 3.63) is 53.6 Å². The fraction of sp³-hybridized carbons (Fsp3) is 0.393. The van der Waals surface area contributed by atoms with E-state index in [0.29, 0.717) is 15.7 Å². The van der Waals surface area contributed by atoms with Gasteiger partial charge < -0.3 is 10.4 Å². The third-order valence-corrected chi connectivity index (χ3v) is 7.88. The maximum Gasteiger partial charge on any atom is 0.424 e. The predicted octanol–water partition coefficient (Wildman–Crippen LogP) is 7.31. The van der Waals surface area contributed by atoms with E-state index in [9.17, 15) is 19.1 Å². The molecule has 1 heterocycles. The number of phenolic OH excluding ortho intramolecular Hbond substituents is 1. The number of halogens is 2. The first-order valence-corrected chi connectivity index (χ1v) is 11.7. The van der Waals surface area contributed by atoms with Gasteiger partial charge >= 0.3 is 6.17 Å². The molecule has 0 amide bonds. The fourth-order valence-electron chi connectivity index (χ4n) is 7.64. The van der Waals surface area contributed by atoms with Gasteiger partial charge in [-0.05, 0) is 75.9 Å². The van der Waals surface area contributed by atoms with Crippen molar-refractivity contribution in [2.24, 2.45) is 10.8 Å². The van der Waals surface area contributed by atoms with Crippen LogP contribution in [-0.4, -0.2) is 11.3 Å². The molecule has 174 valence electrons. The number of nitrogens with one attached hydrogen (secondary N) is 1. The quantitative estimate of drug-likeness (QED) is 0.273.